The highest BCUT2D eigenvalue weighted by Gasteiger charge is 2.21. The molecule has 2 N–H and O–H groups in total. The van der Waals surface area contributed by atoms with Gasteiger partial charge < -0.3 is 5.32 Å². The number of nitrogens with one attached hydrogen (secondary N) is 2. The molecule has 0 heterocycles. The van der Waals surface area contributed by atoms with Crippen LogP contribution in [0.5, 0.6) is 0 Å². The maximum atomic E-state index is 12.6. The fourth-order valence-corrected chi connectivity index (χ4v) is 4.66. The molecule has 0 aromatic heterocycles. The number of para-hydroxylation sites is 1. The van der Waals surface area contributed by atoms with Gasteiger partial charge in [-0.2, -0.15) is 5.26 Å². The van der Waals surface area contributed by atoms with E-state index in [1.165, 1.54) is 24.3 Å². The Labute approximate surface area is 165 Å². The quantitative estimate of drug-likeness (QED) is 0.749. The molecule has 7 heteroatoms. The molecular formula is C21H23N3O3S. The predicted octanol–water partition coefficient (Wildman–Crippen LogP) is 3.81. The second-order valence-corrected chi connectivity index (χ2v) is 8.66. The van der Waals surface area contributed by atoms with Gasteiger partial charge in [0.2, 0.25) is 10.0 Å². The van der Waals surface area contributed by atoms with Gasteiger partial charge in [-0.1, -0.05) is 37.8 Å². The minimum atomic E-state index is -3.61. The second kappa shape index (κ2) is 9.00. The smallest absolute Gasteiger partial charge is 0.255 e. The van der Waals surface area contributed by atoms with Crippen LogP contribution in [-0.2, 0) is 10.0 Å². The number of anilines is 1. The van der Waals surface area contributed by atoms with Gasteiger partial charge >= 0.3 is 0 Å². The van der Waals surface area contributed by atoms with E-state index in [1.54, 1.807) is 24.3 Å². The molecule has 28 heavy (non-hydrogen) atoms. The van der Waals surface area contributed by atoms with Crippen molar-refractivity contribution in [2.24, 2.45) is 0 Å². The number of nitrogens with zero attached hydrogens (tertiary/aromatic N) is 1. The Kier molecular flexibility index (Phi) is 6.45. The first-order valence-corrected chi connectivity index (χ1v) is 10.9. The fraction of sp³-hybridized carbons (Fsp3) is 0.333. The Bertz CT molecular complexity index is 971. The Morgan fingerprint density at radius 1 is 0.964 bits per heavy atom. The van der Waals surface area contributed by atoms with E-state index in [9.17, 15) is 13.2 Å². The van der Waals surface area contributed by atoms with Crippen molar-refractivity contribution in [1.82, 2.24) is 4.72 Å². The maximum Gasteiger partial charge on any atom is 0.255 e. The lowest BCUT2D eigenvalue weighted by Gasteiger charge is -2.16. The van der Waals surface area contributed by atoms with Crippen molar-refractivity contribution >= 4 is 21.6 Å². The summed E-state index contributed by atoms with van der Waals surface area (Å²) >= 11 is 0. The Morgan fingerprint density at radius 2 is 1.61 bits per heavy atom. The number of sulfonamides is 1. The number of rotatable bonds is 5. The molecule has 1 saturated carbocycles. The van der Waals surface area contributed by atoms with Crippen LogP contribution in [0.15, 0.2) is 53.4 Å². The average molecular weight is 398 g/mol. The molecule has 3 rings (SSSR count). The molecule has 0 saturated heterocycles. The van der Waals surface area contributed by atoms with E-state index in [-0.39, 0.29) is 10.9 Å². The summed E-state index contributed by atoms with van der Waals surface area (Å²) in [5, 5.41) is 11.8. The highest BCUT2D eigenvalue weighted by molar-refractivity contribution is 7.89. The highest BCUT2D eigenvalue weighted by atomic mass is 32.2. The summed E-state index contributed by atoms with van der Waals surface area (Å²) in [6.07, 6.45) is 6.09. The molecule has 6 nitrogen and oxygen atoms in total. The second-order valence-electron chi connectivity index (χ2n) is 6.95. The van der Waals surface area contributed by atoms with Crippen LogP contribution >= 0.6 is 0 Å². The summed E-state index contributed by atoms with van der Waals surface area (Å²) in [6, 6.07) is 14.5. The lowest BCUT2D eigenvalue weighted by Crippen LogP contribution is -2.34. The van der Waals surface area contributed by atoms with Gasteiger partial charge in [0.05, 0.1) is 16.1 Å². The summed E-state index contributed by atoms with van der Waals surface area (Å²) in [6.45, 7) is 0. The van der Waals surface area contributed by atoms with E-state index >= 15 is 0 Å². The van der Waals surface area contributed by atoms with E-state index in [1.807, 2.05) is 6.07 Å². The third kappa shape index (κ3) is 4.97. The number of carbonyl (C=O) groups is 1. The largest absolute Gasteiger partial charge is 0.321 e. The van der Waals surface area contributed by atoms with Crippen molar-refractivity contribution in [3.63, 3.8) is 0 Å². The molecule has 2 aromatic carbocycles. The molecule has 146 valence electrons. The highest BCUT2D eigenvalue weighted by Crippen LogP contribution is 2.20. The fourth-order valence-electron chi connectivity index (χ4n) is 3.35. The Morgan fingerprint density at radius 3 is 2.25 bits per heavy atom. The monoisotopic (exact) mass is 397 g/mol. The average Bonchev–Trinajstić information content (AvgIpc) is 2.96. The summed E-state index contributed by atoms with van der Waals surface area (Å²) in [4.78, 5) is 12.6. The summed E-state index contributed by atoms with van der Waals surface area (Å²) in [5.74, 6) is -0.400. The van der Waals surface area contributed by atoms with Gasteiger partial charge in [-0.3, -0.25) is 4.79 Å². The summed E-state index contributed by atoms with van der Waals surface area (Å²) in [7, 11) is -3.61. The molecular weight excluding hydrogens is 374 g/mol. The van der Waals surface area contributed by atoms with Gasteiger partial charge in [0.25, 0.3) is 5.91 Å². The van der Waals surface area contributed by atoms with Crippen LogP contribution in [-0.4, -0.2) is 20.4 Å². The van der Waals surface area contributed by atoms with Crippen LogP contribution < -0.4 is 10.0 Å². The third-order valence-corrected chi connectivity index (χ3v) is 6.44. The molecule has 0 aliphatic heterocycles. The summed E-state index contributed by atoms with van der Waals surface area (Å²) < 4.78 is 28.0. The SMILES string of the molecule is N#Cc1ccccc1NC(=O)c1ccc(S(=O)(=O)NC2CCCCCC2)cc1. The Hall–Kier alpha value is -2.69. The van der Waals surface area contributed by atoms with E-state index in [0.29, 0.717) is 16.8 Å². The van der Waals surface area contributed by atoms with Crippen molar-refractivity contribution in [2.75, 3.05) is 5.32 Å². The van der Waals surface area contributed by atoms with E-state index < -0.39 is 15.9 Å². The first kappa shape index (κ1) is 20.1. The molecule has 0 atom stereocenters. The molecule has 0 unspecified atom stereocenters. The van der Waals surface area contributed by atoms with Crippen molar-refractivity contribution < 1.29 is 13.2 Å². The number of benzene rings is 2. The zero-order valence-corrected chi connectivity index (χ0v) is 16.3. The van der Waals surface area contributed by atoms with Crippen LogP contribution in [0.1, 0.15) is 54.4 Å². The first-order valence-electron chi connectivity index (χ1n) is 9.42. The summed E-state index contributed by atoms with van der Waals surface area (Å²) in [5.41, 5.74) is 1.10. The minimum absolute atomic E-state index is 0.0297. The van der Waals surface area contributed by atoms with Crippen LogP contribution in [0.4, 0.5) is 5.69 Å². The van der Waals surface area contributed by atoms with Gasteiger partial charge in [0.15, 0.2) is 0 Å². The van der Waals surface area contributed by atoms with Gasteiger partial charge in [0, 0.05) is 11.6 Å². The minimum Gasteiger partial charge on any atom is -0.321 e. The van der Waals surface area contributed by atoms with Crippen molar-refractivity contribution in [1.29, 1.82) is 5.26 Å². The molecule has 1 aliphatic rings. The van der Waals surface area contributed by atoms with E-state index in [2.05, 4.69) is 10.0 Å². The standard InChI is InChI=1S/C21H23N3O3S/c22-15-17-7-5-6-10-20(17)23-21(25)16-11-13-19(14-12-16)28(26,27)24-18-8-3-1-2-4-9-18/h5-7,10-14,18,24H,1-4,8-9H2,(H,23,25). The number of hydrogen-bond acceptors (Lipinski definition) is 4. The van der Waals surface area contributed by atoms with Crippen LogP contribution in [0.25, 0.3) is 0 Å². The lowest BCUT2D eigenvalue weighted by atomic mass is 10.1. The first-order chi connectivity index (χ1) is 13.5. The number of amides is 1. The number of nitriles is 1. The van der Waals surface area contributed by atoms with Crippen molar-refractivity contribution in [3.05, 3.63) is 59.7 Å². The zero-order chi connectivity index (χ0) is 20.0. The predicted molar refractivity (Wildman–Crippen MR) is 107 cm³/mol. The van der Waals surface area contributed by atoms with Crippen molar-refractivity contribution in [3.8, 4) is 6.07 Å². The molecule has 0 spiro atoms. The van der Waals surface area contributed by atoms with Gasteiger partial charge in [-0.25, -0.2) is 13.1 Å². The zero-order valence-electron chi connectivity index (χ0n) is 15.5. The third-order valence-electron chi connectivity index (χ3n) is 4.90. The molecule has 1 fully saturated rings. The molecule has 1 aliphatic carbocycles. The number of hydrogen-bond donors (Lipinski definition) is 2. The van der Waals surface area contributed by atoms with Gasteiger partial charge in [-0.15, -0.1) is 0 Å². The van der Waals surface area contributed by atoms with Crippen LogP contribution in [0.2, 0.25) is 0 Å². The number of carbonyl (C=O) groups excluding carboxylic acids is 1. The van der Waals surface area contributed by atoms with E-state index in [0.717, 1.165) is 38.5 Å². The van der Waals surface area contributed by atoms with Crippen LogP contribution in [0, 0.1) is 11.3 Å². The lowest BCUT2D eigenvalue weighted by molar-refractivity contribution is 0.102. The van der Waals surface area contributed by atoms with Gasteiger partial charge in [-0.05, 0) is 49.2 Å². The normalized spacial score (nSPS) is 15.4. The maximum absolute atomic E-state index is 12.6. The van der Waals surface area contributed by atoms with Crippen molar-refractivity contribution in [2.45, 2.75) is 49.5 Å². The molecule has 2 aromatic rings. The molecule has 1 amide bonds. The Balaban J connectivity index is 1.70. The van der Waals surface area contributed by atoms with Gasteiger partial charge in [0.1, 0.15) is 6.07 Å². The molecule has 0 bridgehead atoms. The molecule has 0 radical (unpaired) electrons. The topological polar surface area (TPSA) is 99.1 Å². The van der Waals surface area contributed by atoms with E-state index in [4.69, 9.17) is 5.26 Å². The van der Waals surface area contributed by atoms with Crippen LogP contribution in [0.3, 0.4) is 0 Å².